The zero-order valence-electron chi connectivity index (χ0n) is 16.1. The lowest BCUT2D eigenvalue weighted by Crippen LogP contribution is -2.41. The first kappa shape index (κ1) is 20.0. The van der Waals surface area contributed by atoms with Gasteiger partial charge in [0.25, 0.3) is 0 Å². The number of rotatable bonds is 8. The van der Waals surface area contributed by atoms with Gasteiger partial charge in [0.2, 0.25) is 0 Å². The van der Waals surface area contributed by atoms with E-state index in [0.717, 1.165) is 34.7 Å². The molecule has 1 unspecified atom stereocenters. The summed E-state index contributed by atoms with van der Waals surface area (Å²) in [5.41, 5.74) is 1.06. The number of aromatic nitrogens is 1. The molecule has 0 spiro atoms. The Labute approximate surface area is 159 Å². The molecule has 26 heavy (non-hydrogen) atoms. The predicted molar refractivity (Wildman–Crippen MR) is 107 cm³/mol. The first-order chi connectivity index (χ1) is 12.5. The van der Waals surface area contributed by atoms with Crippen LogP contribution in [0, 0.1) is 13.8 Å². The number of nitrogens with zero attached hydrogens (tertiary/aromatic N) is 2. The third kappa shape index (κ3) is 6.22. The highest BCUT2D eigenvalue weighted by Crippen LogP contribution is 2.20. The van der Waals surface area contributed by atoms with E-state index in [1.807, 2.05) is 45.0 Å². The van der Waals surface area contributed by atoms with Gasteiger partial charge in [0.05, 0.1) is 30.9 Å². The van der Waals surface area contributed by atoms with Crippen molar-refractivity contribution in [2.24, 2.45) is 4.99 Å². The van der Waals surface area contributed by atoms with Gasteiger partial charge in [0.15, 0.2) is 5.96 Å². The molecule has 0 radical (unpaired) electrons. The second-order valence-electron chi connectivity index (χ2n) is 5.92. The topological polar surface area (TPSA) is 67.8 Å². The van der Waals surface area contributed by atoms with Crippen LogP contribution < -0.4 is 20.1 Å². The number of hydrogen-bond acceptors (Lipinski definition) is 5. The van der Waals surface area contributed by atoms with Crippen LogP contribution in [0.5, 0.6) is 11.5 Å². The van der Waals surface area contributed by atoms with Crippen molar-refractivity contribution < 1.29 is 9.47 Å². The minimum absolute atomic E-state index is 0.0154. The van der Waals surface area contributed by atoms with Crippen LogP contribution in [0.2, 0.25) is 0 Å². The van der Waals surface area contributed by atoms with Crippen LogP contribution >= 0.6 is 11.3 Å². The van der Waals surface area contributed by atoms with Crippen LogP contribution in [-0.4, -0.2) is 37.2 Å². The molecule has 1 aromatic carbocycles. The maximum Gasteiger partial charge on any atom is 0.191 e. The number of ether oxygens (including phenoxy) is 2. The normalized spacial score (nSPS) is 12.6. The molecular formula is C19H28N4O2S. The number of thiazole rings is 1. The fourth-order valence-electron chi connectivity index (χ4n) is 2.40. The molecular weight excluding hydrogens is 348 g/mol. The van der Waals surface area contributed by atoms with E-state index < -0.39 is 0 Å². The summed E-state index contributed by atoms with van der Waals surface area (Å²) in [7, 11) is 1.65. The van der Waals surface area contributed by atoms with Crippen LogP contribution in [0.15, 0.2) is 29.3 Å². The molecule has 0 aliphatic carbocycles. The Kier molecular flexibility index (Phi) is 7.72. The Morgan fingerprint density at radius 1 is 1.27 bits per heavy atom. The first-order valence-corrected chi connectivity index (χ1v) is 9.59. The molecule has 0 amide bonds. The standard InChI is InChI=1S/C19H28N4O2S/c1-6-20-19(22-12-18-14(3)23-15(4)26-18)21-11-13(2)25-17-9-7-8-16(10-17)24-5/h7-10,13H,6,11-12H2,1-5H3,(H2,20,21,22). The van der Waals surface area contributed by atoms with Crippen molar-refractivity contribution in [2.75, 3.05) is 20.2 Å². The van der Waals surface area contributed by atoms with E-state index in [0.29, 0.717) is 13.1 Å². The number of nitrogens with one attached hydrogen (secondary N) is 2. The summed E-state index contributed by atoms with van der Waals surface area (Å²) in [6.07, 6.45) is -0.0154. The molecule has 0 bridgehead atoms. The maximum atomic E-state index is 5.94. The first-order valence-electron chi connectivity index (χ1n) is 8.77. The molecule has 2 rings (SSSR count). The van der Waals surface area contributed by atoms with Gasteiger partial charge in [0, 0.05) is 17.5 Å². The Balaban J connectivity index is 1.90. The van der Waals surface area contributed by atoms with E-state index in [1.165, 1.54) is 4.88 Å². The number of aryl methyl sites for hydroxylation is 2. The third-order valence-corrected chi connectivity index (χ3v) is 4.72. The van der Waals surface area contributed by atoms with Crippen molar-refractivity contribution in [2.45, 2.75) is 40.3 Å². The summed E-state index contributed by atoms with van der Waals surface area (Å²) < 4.78 is 11.2. The Morgan fingerprint density at radius 3 is 2.69 bits per heavy atom. The molecule has 142 valence electrons. The lowest BCUT2D eigenvalue weighted by molar-refractivity contribution is 0.223. The van der Waals surface area contributed by atoms with Gasteiger partial charge in [-0.2, -0.15) is 0 Å². The van der Waals surface area contributed by atoms with E-state index in [9.17, 15) is 0 Å². The number of benzene rings is 1. The van der Waals surface area contributed by atoms with Gasteiger partial charge in [-0.1, -0.05) is 6.07 Å². The van der Waals surface area contributed by atoms with Gasteiger partial charge in [-0.3, -0.25) is 0 Å². The summed E-state index contributed by atoms with van der Waals surface area (Å²) >= 11 is 1.69. The van der Waals surface area contributed by atoms with Gasteiger partial charge in [0.1, 0.15) is 17.6 Å². The maximum absolute atomic E-state index is 5.94. The molecule has 1 aromatic heterocycles. The number of guanidine groups is 1. The molecule has 0 aliphatic rings. The lowest BCUT2D eigenvalue weighted by atomic mass is 10.3. The molecule has 2 aromatic rings. The van der Waals surface area contributed by atoms with Crippen molar-refractivity contribution in [3.05, 3.63) is 39.8 Å². The second-order valence-corrected chi connectivity index (χ2v) is 7.21. The highest BCUT2D eigenvalue weighted by molar-refractivity contribution is 7.11. The largest absolute Gasteiger partial charge is 0.497 e. The highest BCUT2D eigenvalue weighted by atomic mass is 32.1. The van der Waals surface area contributed by atoms with E-state index in [1.54, 1.807) is 18.4 Å². The Morgan fingerprint density at radius 2 is 2.04 bits per heavy atom. The molecule has 0 saturated heterocycles. The summed E-state index contributed by atoms with van der Waals surface area (Å²) in [4.78, 5) is 10.3. The van der Waals surface area contributed by atoms with Gasteiger partial charge in [-0.25, -0.2) is 9.98 Å². The van der Waals surface area contributed by atoms with Crippen molar-refractivity contribution in [3.63, 3.8) is 0 Å². The molecule has 6 nitrogen and oxygen atoms in total. The fourth-order valence-corrected chi connectivity index (χ4v) is 3.26. The third-order valence-electron chi connectivity index (χ3n) is 3.66. The quantitative estimate of drug-likeness (QED) is 0.547. The SMILES string of the molecule is CCNC(=NCc1sc(C)nc1C)NCC(C)Oc1cccc(OC)c1. The van der Waals surface area contributed by atoms with Gasteiger partial charge < -0.3 is 20.1 Å². The number of methoxy groups -OCH3 is 1. The van der Waals surface area contributed by atoms with Crippen molar-refractivity contribution in [1.29, 1.82) is 0 Å². The predicted octanol–water partition coefficient (Wildman–Crippen LogP) is 3.29. The Hall–Kier alpha value is -2.28. The molecule has 1 heterocycles. The minimum atomic E-state index is -0.0154. The average molecular weight is 377 g/mol. The average Bonchev–Trinajstić information content (AvgIpc) is 2.95. The van der Waals surface area contributed by atoms with E-state index in [4.69, 9.17) is 9.47 Å². The molecule has 0 aliphatic heterocycles. The highest BCUT2D eigenvalue weighted by Gasteiger charge is 2.08. The summed E-state index contributed by atoms with van der Waals surface area (Å²) in [6, 6.07) is 7.62. The van der Waals surface area contributed by atoms with Gasteiger partial charge in [-0.05, 0) is 39.8 Å². The second kappa shape index (κ2) is 10.0. The van der Waals surface area contributed by atoms with Crippen LogP contribution in [0.4, 0.5) is 0 Å². The van der Waals surface area contributed by atoms with E-state index >= 15 is 0 Å². The lowest BCUT2D eigenvalue weighted by Gasteiger charge is -2.18. The molecule has 0 saturated carbocycles. The zero-order valence-corrected chi connectivity index (χ0v) is 16.9. The molecule has 2 N–H and O–H groups in total. The monoisotopic (exact) mass is 376 g/mol. The van der Waals surface area contributed by atoms with E-state index in [-0.39, 0.29) is 6.10 Å². The van der Waals surface area contributed by atoms with Gasteiger partial charge in [-0.15, -0.1) is 11.3 Å². The summed E-state index contributed by atoms with van der Waals surface area (Å²) in [6.45, 7) is 10.2. The summed E-state index contributed by atoms with van der Waals surface area (Å²) in [5.74, 6) is 2.35. The number of aliphatic imine (C=N–C) groups is 1. The summed E-state index contributed by atoms with van der Waals surface area (Å²) in [5, 5.41) is 7.67. The smallest absolute Gasteiger partial charge is 0.191 e. The molecule has 1 atom stereocenters. The van der Waals surface area contributed by atoms with Crippen LogP contribution in [0.3, 0.4) is 0 Å². The van der Waals surface area contributed by atoms with Crippen molar-refractivity contribution >= 4 is 17.3 Å². The van der Waals surface area contributed by atoms with Crippen LogP contribution in [0.1, 0.15) is 29.4 Å². The molecule has 7 heteroatoms. The van der Waals surface area contributed by atoms with Crippen molar-refractivity contribution in [1.82, 2.24) is 15.6 Å². The minimum Gasteiger partial charge on any atom is -0.497 e. The van der Waals surface area contributed by atoms with Crippen molar-refractivity contribution in [3.8, 4) is 11.5 Å². The Bertz CT molecular complexity index is 730. The van der Waals surface area contributed by atoms with E-state index in [2.05, 4.69) is 27.5 Å². The van der Waals surface area contributed by atoms with Crippen LogP contribution in [0.25, 0.3) is 0 Å². The van der Waals surface area contributed by atoms with Gasteiger partial charge >= 0.3 is 0 Å². The fraction of sp³-hybridized carbons (Fsp3) is 0.474. The zero-order chi connectivity index (χ0) is 18.9. The van der Waals surface area contributed by atoms with Crippen LogP contribution in [-0.2, 0) is 6.54 Å². The number of hydrogen-bond donors (Lipinski definition) is 2. The molecule has 0 fully saturated rings.